The summed E-state index contributed by atoms with van der Waals surface area (Å²) in [6.07, 6.45) is 1.21. The fourth-order valence-corrected chi connectivity index (χ4v) is 3.33. The minimum Gasteiger partial charge on any atom is -0.497 e. The lowest BCUT2D eigenvalue weighted by Gasteiger charge is -2.15. The summed E-state index contributed by atoms with van der Waals surface area (Å²) >= 11 is 0. The molecule has 1 atom stereocenters. The molecule has 2 aliphatic rings. The van der Waals surface area contributed by atoms with Crippen LogP contribution in [0.5, 0.6) is 28.7 Å². The van der Waals surface area contributed by atoms with Crippen LogP contribution in [0.3, 0.4) is 0 Å². The summed E-state index contributed by atoms with van der Waals surface area (Å²) in [6.45, 7) is 0.149. The molecule has 2 heterocycles. The van der Waals surface area contributed by atoms with E-state index in [0.717, 1.165) is 22.6 Å². The van der Waals surface area contributed by atoms with Crippen LogP contribution in [0.1, 0.15) is 17.5 Å². The molecular formula is C20H21NO6. The van der Waals surface area contributed by atoms with Gasteiger partial charge >= 0.3 is 0 Å². The fraction of sp³-hybridized carbons (Fsp3) is 0.350. The van der Waals surface area contributed by atoms with E-state index in [1.807, 2.05) is 30.3 Å². The first-order valence-corrected chi connectivity index (χ1v) is 8.64. The highest BCUT2D eigenvalue weighted by Crippen LogP contribution is 2.50. The zero-order valence-corrected chi connectivity index (χ0v) is 15.5. The van der Waals surface area contributed by atoms with Gasteiger partial charge in [0.2, 0.25) is 18.3 Å². The van der Waals surface area contributed by atoms with Crippen LogP contribution in [0.15, 0.2) is 35.5 Å². The maximum Gasteiger partial charge on any atom is 0.231 e. The van der Waals surface area contributed by atoms with E-state index < -0.39 is 0 Å². The van der Waals surface area contributed by atoms with Crippen molar-refractivity contribution in [3.8, 4) is 28.7 Å². The fourth-order valence-electron chi connectivity index (χ4n) is 3.33. The van der Waals surface area contributed by atoms with Crippen molar-refractivity contribution < 1.29 is 28.5 Å². The summed E-state index contributed by atoms with van der Waals surface area (Å²) in [7, 11) is 4.86. The van der Waals surface area contributed by atoms with E-state index in [1.165, 1.54) is 0 Å². The summed E-state index contributed by atoms with van der Waals surface area (Å²) < 4.78 is 27.3. The first-order valence-electron chi connectivity index (χ1n) is 8.64. The predicted octanol–water partition coefficient (Wildman–Crippen LogP) is 3.18. The molecule has 142 valence electrons. The van der Waals surface area contributed by atoms with Crippen molar-refractivity contribution in [2.75, 3.05) is 28.1 Å². The quantitative estimate of drug-likeness (QED) is 0.777. The molecule has 27 heavy (non-hydrogen) atoms. The normalized spacial score (nSPS) is 17.3. The van der Waals surface area contributed by atoms with Crippen LogP contribution in [0.25, 0.3) is 0 Å². The van der Waals surface area contributed by atoms with Crippen molar-refractivity contribution in [1.82, 2.24) is 0 Å². The van der Waals surface area contributed by atoms with Crippen LogP contribution in [0, 0.1) is 0 Å². The molecule has 0 bridgehead atoms. The van der Waals surface area contributed by atoms with E-state index in [0.29, 0.717) is 35.8 Å². The topological polar surface area (TPSA) is 67.7 Å². The maximum atomic E-state index is 5.66. The van der Waals surface area contributed by atoms with Crippen LogP contribution in [-0.2, 0) is 11.3 Å². The Morgan fingerprint density at radius 3 is 2.48 bits per heavy atom. The lowest BCUT2D eigenvalue weighted by atomic mass is 9.99. The number of ether oxygens (including phenoxy) is 5. The number of oxime groups is 1. The van der Waals surface area contributed by atoms with E-state index in [9.17, 15) is 0 Å². The number of rotatable bonds is 6. The third-order valence-electron chi connectivity index (χ3n) is 4.67. The largest absolute Gasteiger partial charge is 0.497 e. The summed E-state index contributed by atoms with van der Waals surface area (Å²) in [4.78, 5) is 5.66. The Balaban J connectivity index is 1.52. The number of nitrogens with zero attached hydrogens (tertiary/aromatic N) is 1. The van der Waals surface area contributed by atoms with Crippen LogP contribution < -0.4 is 23.7 Å². The standard InChI is InChI=1S/C20H21NO6/c1-22-14-6-4-12(5-7-14)16-10-15(27-21-16)8-13-9-17(23-2)19-20(18(13)24-3)26-11-25-19/h4-7,9,15H,8,10-11H2,1-3H3. The van der Waals surface area contributed by atoms with Crippen molar-refractivity contribution >= 4 is 5.71 Å². The molecule has 1 unspecified atom stereocenters. The molecule has 0 saturated carbocycles. The second-order valence-corrected chi connectivity index (χ2v) is 6.24. The van der Waals surface area contributed by atoms with Crippen LogP contribution >= 0.6 is 0 Å². The van der Waals surface area contributed by atoms with Gasteiger partial charge in [0.15, 0.2) is 11.5 Å². The SMILES string of the molecule is COc1ccc(C2=NOC(Cc3cc(OC)c4c(c3OC)OCO4)C2)cc1. The molecule has 0 radical (unpaired) electrons. The van der Waals surface area contributed by atoms with Gasteiger partial charge in [-0.2, -0.15) is 0 Å². The van der Waals surface area contributed by atoms with E-state index in [-0.39, 0.29) is 12.9 Å². The Kier molecular flexibility index (Phi) is 4.66. The molecule has 7 heteroatoms. The minimum absolute atomic E-state index is 0.0962. The molecule has 7 nitrogen and oxygen atoms in total. The van der Waals surface area contributed by atoms with Gasteiger partial charge in [-0.25, -0.2) is 0 Å². The highest BCUT2D eigenvalue weighted by Gasteiger charge is 2.30. The Hall–Kier alpha value is -3.09. The second-order valence-electron chi connectivity index (χ2n) is 6.24. The number of hydrogen-bond donors (Lipinski definition) is 0. The predicted molar refractivity (Wildman–Crippen MR) is 98.4 cm³/mol. The molecule has 0 amide bonds. The van der Waals surface area contributed by atoms with Crippen molar-refractivity contribution in [2.24, 2.45) is 5.16 Å². The maximum absolute atomic E-state index is 5.66. The van der Waals surface area contributed by atoms with Crippen LogP contribution in [0.4, 0.5) is 0 Å². The average Bonchev–Trinajstić information content (AvgIpc) is 3.37. The zero-order valence-electron chi connectivity index (χ0n) is 15.5. The molecular weight excluding hydrogens is 350 g/mol. The van der Waals surface area contributed by atoms with Crippen molar-refractivity contribution in [3.63, 3.8) is 0 Å². The van der Waals surface area contributed by atoms with Gasteiger partial charge < -0.3 is 28.5 Å². The lowest BCUT2D eigenvalue weighted by Crippen LogP contribution is -2.13. The van der Waals surface area contributed by atoms with E-state index in [2.05, 4.69) is 5.16 Å². The smallest absolute Gasteiger partial charge is 0.231 e. The number of benzene rings is 2. The first kappa shape index (κ1) is 17.3. The number of fused-ring (bicyclic) bond motifs is 1. The summed E-state index contributed by atoms with van der Waals surface area (Å²) in [5.74, 6) is 3.21. The van der Waals surface area contributed by atoms with Crippen molar-refractivity contribution in [1.29, 1.82) is 0 Å². The molecule has 0 saturated heterocycles. The van der Waals surface area contributed by atoms with Crippen molar-refractivity contribution in [2.45, 2.75) is 18.9 Å². The zero-order chi connectivity index (χ0) is 18.8. The van der Waals surface area contributed by atoms with Gasteiger partial charge in [0.25, 0.3) is 0 Å². The summed E-state index contributed by atoms with van der Waals surface area (Å²) in [6, 6.07) is 9.69. The van der Waals surface area contributed by atoms with Gasteiger partial charge in [0.05, 0.1) is 27.0 Å². The van der Waals surface area contributed by atoms with Gasteiger partial charge in [-0.3, -0.25) is 0 Å². The molecule has 0 spiro atoms. The van der Waals surface area contributed by atoms with Crippen molar-refractivity contribution in [3.05, 3.63) is 41.5 Å². The molecule has 4 rings (SSSR count). The minimum atomic E-state index is -0.0962. The Morgan fingerprint density at radius 1 is 1.00 bits per heavy atom. The third kappa shape index (κ3) is 3.20. The van der Waals surface area contributed by atoms with Crippen LogP contribution in [0.2, 0.25) is 0 Å². The number of methoxy groups -OCH3 is 3. The summed E-state index contributed by atoms with van der Waals surface area (Å²) in [5.41, 5.74) is 2.86. The Morgan fingerprint density at radius 2 is 1.78 bits per heavy atom. The lowest BCUT2D eigenvalue weighted by molar-refractivity contribution is 0.0853. The number of hydrogen-bond acceptors (Lipinski definition) is 7. The second kappa shape index (κ2) is 7.26. The van der Waals surface area contributed by atoms with E-state index in [1.54, 1.807) is 21.3 Å². The van der Waals surface area contributed by atoms with Gasteiger partial charge in [0, 0.05) is 18.4 Å². The molecule has 0 N–H and O–H groups in total. The summed E-state index contributed by atoms with van der Waals surface area (Å²) in [5, 5.41) is 4.26. The Labute approximate surface area is 157 Å². The van der Waals surface area contributed by atoms with Gasteiger partial charge in [-0.05, 0) is 35.9 Å². The third-order valence-corrected chi connectivity index (χ3v) is 4.67. The highest BCUT2D eigenvalue weighted by atomic mass is 16.7. The Bertz CT molecular complexity index is 862. The van der Waals surface area contributed by atoms with Gasteiger partial charge in [-0.15, -0.1) is 0 Å². The van der Waals surface area contributed by atoms with Gasteiger partial charge in [-0.1, -0.05) is 5.16 Å². The van der Waals surface area contributed by atoms with E-state index >= 15 is 0 Å². The first-order chi connectivity index (χ1) is 13.2. The molecule has 0 aliphatic carbocycles. The molecule has 2 aliphatic heterocycles. The monoisotopic (exact) mass is 371 g/mol. The van der Waals surface area contributed by atoms with Gasteiger partial charge in [0.1, 0.15) is 11.9 Å². The van der Waals surface area contributed by atoms with E-state index in [4.69, 9.17) is 28.5 Å². The molecule has 0 aromatic heterocycles. The average molecular weight is 371 g/mol. The van der Waals surface area contributed by atoms with Crippen LogP contribution in [-0.4, -0.2) is 39.9 Å². The molecule has 2 aromatic carbocycles. The highest BCUT2D eigenvalue weighted by molar-refractivity contribution is 6.01. The molecule has 2 aromatic rings. The molecule has 0 fully saturated rings.